The van der Waals surface area contributed by atoms with E-state index in [1.54, 1.807) is 11.3 Å². The van der Waals surface area contributed by atoms with Gasteiger partial charge in [-0.1, -0.05) is 0 Å². The largest absolute Gasteiger partial charge is 0.459 e. The molecule has 96 valence electrons. The van der Waals surface area contributed by atoms with Crippen LogP contribution in [-0.2, 0) is 16.0 Å². The molecule has 0 saturated carbocycles. The fourth-order valence-electron chi connectivity index (χ4n) is 1.47. The van der Waals surface area contributed by atoms with E-state index in [4.69, 9.17) is 4.74 Å². The van der Waals surface area contributed by atoms with Crippen LogP contribution in [0.3, 0.4) is 0 Å². The predicted octanol–water partition coefficient (Wildman–Crippen LogP) is 2.61. The predicted molar refractivity (Wildman–Crippen MR) is 71.3 cm³/mol. The van der Waals surface area contributed by atoms with E-state index in [0.29, 0.717) is 0 Å². The zero-order valence-corrected chi connectivity index (χ0v) is 11.8. The lowest BCUT2D eigenvalue weighted by atomic mass is 10.1. The molecule has 0 spiro atoms. The van der Waals surface area contributed by atoms with Crippen molar-refractivity contribution in [3.8, 4) is 0 Å². The zero-order valence-electron chi connectivity index (χ0n) is 10.9. The molecule has 0 saturated heterocycles. The second-order valence-corrected chi connectivity index (χ2v) is 5.98. The first-order chi connectivity index (χ1) is 7.87. The van der Waals surface area contributed by atoms with Crippen LogP contribution < -0.4 is 5.32 Å². The third-order valence-electron chi connectivity index (χ3n) is 2.14. The average molecular weight is 255 g/mol. The highest BCUT2D eigenvalue weighted by Gasteiger charge is 2.16. The summed E-state index contributed by atoms with van der Waals surface area (Å²) in [6, 6.07) is 2.38. The monoisotopic (exact) mass is 255 g/mol. The molecule has 3 nitrogen and oxygen atoms in total. The molecule has 1 unspecified atom stereocenters. The van der Waals surface area contributed by atoms with Crippen molar-refractivity contribution in [1.29, 1.82) is 0 Å². The molecule has 0 radical (unpaired) electrons. The average Bonchev–Trinajstić information content (AvgIpc) is 2.64. The Hall–Kier alpha value is -0.870. The van der Waals surface area contributed by atoms with E-state index in [-0.39, 0.29) is 18.6 Å². The first-order valence-corrected chi connectivity index (χ1v) is 6.77. The van der Waals surface area contributed by atoms with E-state index in [1.807, 2.05) is 20.8 Å². The molecular weight excluding hydrogens is 234 g/mol. The SMILES string of the molecule is CC(Cc1ccsc1)NCC(=O)OC(C)(C)C. The first-order valence-electron chi connectivity index (χ1n) is 5.83. The van der Waals surface area contributed by atoms with Gasteiger partial charge in [0.1, 0.15) is 5.60 Å². The van der Waals surface area contributed by atoms with Crippen molar-refractivity contribution in [1.82, 2.24) is 5.32 Å². The van der Waals surface area contributed by atoms with Crippen LogP contribution in [-0.4, -0.2) is 24.2 Å². The fourth-order valence-corrected chi connectivity index (χ4v) is 2.15. The number of rotatable bonds is 5. The smallest absolute Gasteiger partial charge is 0.320 e. The second-order valence-electron chi connectivity index (χ2n) is 5.20. The molecule has 1 N–H and O–H groups in total. The Balaban J connectivity index is 2.24. The van der Waals surface area contributed by atoms with Crippen molar-refractivity contribution in [2.75, 3.05) is 6.54 Å². The van der Waals surface area contributed by atoms with Crippen LogP contribution in [0.1, 0.15) is 33.3 Å². The zero-order chi connectivity index (χ0) is 12.9. The molecule has 0 fully saturated rings. The van der Waals surface area contributed by atoms with Gasteiger partial charge >= 0.3 is 5.97 Å². The summed E-state index contributed by atoms with van der Waals surface area (Å²) in [5.74, 6) is -0.199. The lowest BCUT2D eigenvalue weighted by Gasteiger charge is -2.20. The Morgan fingerprint density at radius 1 is 1.53 bits per heavy atom. The van der Waals surface area contributed by atoms with Gasteiger partial charge in [-0.2, -0.15) is 11.3 Å². The van der Waals surface area contributed by atoms with E-state index in [0.717, 1.165) is 6.42 Å². The number of carbonyl (C=O) groups is 1. The Morgan fingerprint density at radius 2 is 2.24 bits per heavy atom. The molecular formula is C13H21NO2S. The number of esters is 1. The van der Waals surface area contributed by atoms with Crippen LogP contribution >= 0.6 is 11.3 Å². The van der Waals surface area contributed by atoms with Gasteiger partial charge in [-0.25, -0.2) is 0 Å². The van der Waals surface area contributed by atoms with E-state index >= 15 is 0 Å². The topological polar surface area (TPSA) is 38.3 Å². The van der Waals surface area contributed by atoms with Gasteiger partial charge in [0.15, 0.2) is 0 Å². The van der Waals surface area contributed by atoms with Crippen LogP contribution in [0.2, 0.25) is 0 Å². The summed E-state index contributed by atoms with van der Waals surface area (Å²) in [7, 11) is 0. The maximum atomic E-state index is 11.5. The van der Waals surface area contributed by atoms with E-state index < -0.39 is 5.60 Å². The minimum atomic E-state index is -0.407. The minimum Gasteiger partial charge on any atom is -0.459 e. The summed E-state index contributed by atoms with van der Waals surface area (Å²) in [5, 5.41) is 7.37. The first kappa shape index (κ1) is 14.2. The van der Waals surface area contributed by atoms with Gasteiger partial charge in [0.2, 0.25) is 0 Å². The van der Waals surface area contributed by atoms with Crippen molar-refractivity contribution in [3.63, 3.8) is 0 Å². The van der Waals surface area contributed by atoms with Crippen molar-refractivity contribution in [2.24, 2.45) is 0 Å². The Morgan fingerprint density at radius 3 is 2.76 bits per heavy atom. The van der Waals surface area contributed by atoms with E-state index in [2.05, 4.69) is 29.1 Å². The third-order valence-corrected chi connectivity index (χ3v) is 2.87. The van der Waals surface area contributed by atoms with Gasteiger partial charge < -0.3 is 10.1 Å². The maximum Gasteiger partial charge on any atom is 0.320 e. The molecule has 1 rings (SSSR count). The Labute approximate surface area is 107 Å². The van der Waals surface area contributed by atoms with Gasteiger partial charge in [-0.05, 0) is 56.5 Å². The number of carbonyl (C=O) groups excluding carboxylic acids is 1. The van der Waals surface area contributed by atoms with Crippen LogP contribution in [0.25, 0.3) is 0 Å². The molecule has 4 heteroatoms. The molecule has 0 amide bonds. The lowest BCUT2D eigenvalue weighted by molar-refractivity contribution is -0.153. The molecule has 0 aromatic carbocycles. The summed E-state index contributed by atoms with van der Waals surface area (Å²) in [6.45, 7) is 7.96. The van der Waals surface area contributed by atoms with Gasteiger partial charge in [-0.3, -0.25) is 4.79 Å². The number of thiophene rings is 1. The number of hydrogen-bond acceptors (Lipinski definition) is 4. The Bertz CT molecular complexity index is 341. The van der Waals surface area contributed by atoms with Gasteiger partial charge in [-0.15, -0.1) is 0 Å². The molecule has 1 atom stereocenters. The Kier molecular flexibility index (Phi) is 5.15. The van der Waals surface area contributed by atoms with Gasteiger partial charge in [0.05, 0.1) is 6.54 Å². The number of hydrogen-bond donors (Lipinski definition) is 1. The summed E-state index contributed by atoms with van der Waals surface area (Å²) < 4.78 is 5.22. The maximum absolute atomic E-state index is 11.5. The number of ether oxygens (including phenoxy) is 1. The van der Waals surface area contributed by atoms with Crippen LogP contribution in [0, 0.1) is 0 Å². The molecule has 0 bridgehead atoms. The molecule has 0 aliphatic carbocycles. The fraction of sp³-hybridized carbons (Fsp3) is 0.615. The van der Waals surface area contributed by atoms with E-state index in [1.165, 1.54) is 5.56 Å². The molecule has 17 heavy (non-hydrogen) atoms. The molecule has 1 aromatic rings. The van der Waals surface area contributed by atoms with Crippen LogP contribution in [0.5, 0.6) is 0 Å². The quantitative estimate of drug-likeness (QED) is 0.822. The summed E-state index contributed by atoms with van der Waals surface area (Å²) in [6.07, 6.45) is 0.937. The lowest BCUT2D eigenvalue weighted by Crippen LogP contribution is -2.36. The molecule has 1 heterocycles. The third kappa shape index (κ3) is 6.44. The summed E-state index contributed by atoms with van der Waals surface area (Å²) >= 11 is 1.69. The standard InChI is InChI=1S/C13H21NO2S/c1-10(7-11-5-6-17-9-11)14-8-12(15)16-13(2,3)4/h5-6,9-10,14H,7-8H2,1-4H3. The summed E-state index contributed by atoms with van der Waals surface area (Å²) in [4.78, 5) is 11.5. The van der Waals surface area contributed by atoms with E-state index in [9.17, 15) is 4.79 Å². The number of nitrogens with one attached hydrogen (secondary N) is 1. The molecule has 0 aliphatic heterocycles. The normalized spacial score (nSPS) is 13.4. The highest BCUT2D eigenvalue weighted by atomic mass is 32.1. The van der Waals surface area contributed by atoms with Crippen molar-refractivity contribution in [3.05, 3.63) is 22.4 Å². The highest BCUT2D eigenvalue weighted by Crippen LogP contribution is 2.09. The molecule has 1 aromatic heterocycles. The van der Waals surface area contributed by atoms with Gasteiger partial charge in [0.25, 0.3) is 0 Å². The van der Waals surface area contributed by atoms with Crippen LogP contribution in [0.15, 0.2) is 16.8 Å². The van der Waals surface area contributed by atoms with Crippen molar-refractivity contribution < 1.29 is 9.53 Å². The van der Waals surface area contributed by atoms with Crippen LogP contribution in [0.4, 0.5) is 0 Å². The summed E-state index contributed by atoms with van der Waals surface area (Å²) in [5.41, 5.74) is 0.897. The van der Waals surface area contributed by atoms with Crippen molar-refractivity contribution in [2.45, 2.75) is 45.8 Å². The highest BCUT2D eigenvalue weighted by molar-refractivity contribution is 7.07. The molecule has 0 aliphatic rings. The second kappa shape index (κ2) is 6.17. The van der Waals surface area contributed by atoms with Crippen molar-refractivity contribution >= 4 is 17.3 Å². The minimum absolute atomic E-state index is 0.199. The van der Waals surface area contributed by atoms with Gasteiger partial charge in [0, 0.05) is 6.04 Å².